The topological polar surface area (TPSA) is 68.7 Å². The van der Waals surface area contributed by atoms with E-state index in [9.17, 15) is 9.90 Å². The zero-order chi connectivity index (χ0) is 17.0. The SMILES string of the molecule is CCNc1nc(C)c(C(=O)N2C[C@H](CO)C[C@@H](CN(C)C)C2)s1. The Morgan fingerprint density at radius 1 is 1.43 bits per heavy atom. The van der Waals surface area contributed by atoms with Crippen LogP contribution in [0.25, 0.3) is 0 Å². The van der Waals surface area contributed by atoms with Crippen LogP contribution in [0.4, 0.5) is 5.13 Å². The van der Waals surface area contributed by atoms with E-state index in [1.165, 1.54) is 11.3 Å². The van der Waals surface area contributed by atoms with Gasteiger partial charge in [0.05, 0.1) is 5.69 Å². The zero-order valence-electron chi connectivity index (χ0n) is 14.5. The summed E-state index contributed by atoms with van der Waals surface area (Å²) < 4.78 is 0. The molecule has 2 N–H and O–H groups in total. The summed E-state index contributed by atoms with van der Waals surface area (Å²) in [5.74, 6) is 0.617. The third kappa shape index (κ3) is 4.65. The molecule has 0 radical (unpaired) electrons. The lowest BCUT2D eigenvalue weighted by Gasteiger charge is -2.38. The van der Waals surface area contributed by atoms with Crippen LogP contribution in [-0.4, -0.2) is 72.7 Å². The number of thiazole rings is 1. The van der Waals surface area contributed by atoms with Crippen molar-refractivity contribution in [3.8, 4) is 0 Å². The smallest absolute Gasteiger partial charge is 0.265 e. The van der Waals surface area contributed by atoms with Gasteiger partial charge in [-0.1, -0.05) is 11.3 Å². The predicted octanol–water partition coefficient (Wildman–Crippen LogP) is 1.52. The molecule has 2 atom stereocenters. The molecule has 2 heterocycles. The van der Waals surface area contributed by atoms with E-state index in [0.29, 0.717) is 17.3 Å². The van der Waals surface area contributed by atoms with Crippen LogP contribution in [0.5, 0.6) is 0 Å². The van der Waals surface area contributed by atoms with Crippen molar-refractivity contribution in [1.29, 1.82) is 0 Å². The van der Waals surface area contributed by atoms with Crippen LogP contribution in [0.1, 0.15) is 28.7 Å². The van der Waals surface area contributed by atoms with E-state index < -0.39 is 0 Å². The lowest BCUT2D eigenvalue weighted by atomic mass is 9.89. The Morgan fingerprint density at radius 2 is 2.13 bits per heavy atom. The number of aliphatic hydroxyl groups is 1. The maximum Gasteiger partial charge on any atom is 0.265 e. The molecule has 2 rings (SSSR count). The molecule has 130 valence electrons. The van der Waals surface area contributed by atoms with Crippen molar-refractivity contribution in [2.75, 3.05) is 52.2 Å². The van der Waals surface area contributed by atoms with Crippen molar-refractivity contribution in [3.05, 3.63) is 10.6 Å². The summed E-state index contributed by atoms with van der Waals surface area (Å²) in [6, 6.07) is 0. The average Bonchev–Trinajstić information content (AvgIpc) is 2.86. The van der Waals surface area contributed by atoms with Gasteiger partial charge >= 0.3 is 0 Å². The number of nitrogens with zero attached hydrogens (tertiary/aromatic N) is 3. The quantitative estimate of drug-likeness (QED) is 0.822. The molecule has 1 saturated heterocycles. The number of rotatable bonds is 6. The van der Waals surface area contributed by atoms with Crippen LogP contribution in [0.15, 0.2) is 0 Å². The molecule has 1 fully saturated rings. The summed E-state index contributed by atoms with van der Waals surface area (Å²) in [5, 5.41) is 13.5. The number of nitrogens with one attached hydrogen (secondary N) is 1. The second kappa shape index (κ2) is 8.08. The number of amides is 1. The highest BCUT2D eigenvalue weighted by Gasteiger charge is 2.32. The fourth-order valence-corrected chi connectivity index (χ4v) is 4.23. The number of aliphatic hydroxyl groups excluding tert-OH is 1. The van der Waals surface area contributed by atoms with E-state index in [2.05, 4.69) is 15.2 Å². The number of aromatic nitrogens is 1. The molecule has 23 heavy (non-hydrogen) atoms. The predicted molar refractivity (Wildman–Crippen MR) is 94.2 cm³/mol. The van der Waals surface area contributed by atoms with Crippen LogP contribution >= 0.6 is 11.3 Å². The standard InChI is InChI=1S/C16H28N4O2S/c1-5-17-16-18-11(2)14(23-16)15(22)20-8-12(7-19(3)4)6-13(9-20)10-21/h12-13,21H,5-10H2,1-4H3,(H,17,18)/t12-,13+/m0/s1. The maximum atomic E-state index is 12.9. The van der Waals surface area contributed by atoms with Gasteiger partial charge in [-0.2, -0.15) is 0 Å². The van der Waals surface area contributed by atoms with Crippen molar-refractivity contribution in [2.24, 2.45) is 11.8 Å². The molecule has 0 aliphatic carbocycles. The minimum Gasteiger partial charge on any atom is -0.396 e. The van der Waals surface area contributed by atoms with Crippen molar-refractivity contribution in [1.82, 2.24) is 14.8 Å². The minimum atomic E-state index is 0.0473. The lowest BCUT2D eigenvalue weighted by Crippen LogP contribution is -2.47. The van der Waals surface area contributed by atoms with Crippen LogP contribution < -0.4 is 5.32 Å². The summed E-state index contributed by atoms with van der Waals surface area (Å²) >= 11 is 1.42. The van der Waals surface area contributed by atoms with E-state index in [-0.39, 0.29) is 18.4 Å². The zero-order valence-corrected chi connectivity index (χ0v) is 15.3. The third-order valence-corrected chi connectivity index (χ3v) is 5.21. The van der Waals surface area contributed by atoms with E-state index in [4.69, 9.17) is 0 Å². The van der Waals surface area contributed by atoms with Crippen LogP contribution in [0.3, 0.4) is 0 Å². The maximum absolute atomic E-state index is 12.9. The minimum absolute atomic E-state index is 0.0473. The Morgan fingerprint density at radius 3 is 2.74 bits per heavy atom. The number of carbonyl (C=O) groups excluding carboxylic acids is 1. The largest absolute Gasteiger partial charge is 0.396 e. The molecule has 0 spiro atoms. The number of piperidine rings is 1. The molecule has 1 aliphatic heterocycles. The number of hydrogen-bond acceptors (Lipinski definition) is 6. The Balaban J connectivity index is 2.13. The highest BCUT2D eigenvalue weighted by molar-refractivity contribution is 7.17. The number of likely N-dealkylation sites (tertiary alicyclic amines) is 1. The first kappa shape index (κ1) is 18.2. The van der Waals surface area contributed by atoms with Gasteiger partial charge in [0.2, 0.25) is 0 Å². The molecule has 6 nitrogen and oxygen atoms in total. The van der Waals surface area contributed by atoms with E-state index >= 15 is 0 Å². The fraction of sp³-hybridized carbons (Fsp3) is 0.750. The van der Waals surface area contributed by atoms with Gasteiger partial charge in [-0.3, -0.25) is 4.79 Å². The van der Waals surface area contributed by atoms with Crippen LogP contribution in [0.2, 0.25) is 0 Å². The molecular weight excluding hydrogens is 312 g/mol. The van der Waals surface area contributed by atoms with Crippen molar-refractivity contribution in [2.45, 2.75) is 20.3 Å². The molecule has 1 aromatic rings. The van der Waals surface area contributed by atoms with Gasteiger partial charge in [-0.05, 0) is 46.2 Å². The number of aryl methyl sites for hydroxylation is 1. The summed E-state index contributed by atoms with van der Waals surface area (Å²) in [6.45, 7) is 7.15. The Bertz CT molecular complexity index is 532. The van der Waals surface area contributed by atoms with Gasteiger partial charge in [0, 0.05) is 32.8 Å². The molecule has 1 aromatic heterocycles. The number of carbonyl (C=O) groups is 1. The van der Waals surface area contributed by atoms with Gasteiger partial charge in [0.1, 0.15) is 4.88 Å². The van der Waals surface area contributed by atoms with E-state index in [1.54, 1.807) is 0 Å². The molecule has 1 aliphatic rings. The average molecular weight is 340 g/mol. The number of anilines is 1. The van der Waals surface area contributed by atoms with Gasteiger partial charge in [-0.25, -0.2) is 4.98 Å². The highest BCUT2D eigenvalue weighted by Crippen LogP contribution is 2.28. The second-order valence-electron chi connectivity index (χ2n) is 6.59. The molecule has 0 unspecified atom stereocenters. The van der Waals surface area contributed by atoms with Crippen molar-refractivity contribution in [3.63, 3.8) is 0 Å². The molecule has 0 aromatic carbocycles. The Kier molecular flexibility index (Phi) is 6.38. The Hall–Kier alpha value is -1.18. The second-order valence-corrected chi connectivity index (χ2v) is 7.59. The van der Waals surface area contributed by atoms with Crippen LogP contribution in [0, 0.1) is 18.8 Å². The lowest BCUT2D eigenvalue weighted by molar-refractivity contribution is 0.0481. The Labute approximate surface area is 142 Å². The molecule has 7 heteroatoms. The summed E-state index contributed by atoms with van der Waals surface area (Å²) in [6.07, 6.45) is 0.975. The van der Waals surface area contributed by atoms with Gasteiger partial charge in [0.15, 0.2) is 5.13 Å². The molecular formula is C16H28N4O2S. The van der Waals surface area contributed by atoms with Crippen molar-refractivity contribution < 1.29 is 9.90 Å². The summed E-state index contributed by atoms with van der Waals surface area (Å²) in [7, 11) is 4.09. The third-order valence-electron chi connectivity index (χ3n) is 4.11. The van der Waals surface area contributed by atoms with E-state index in [1.807, 2.05) is 32.8 Å². The van der Waals surface area contributed by atoms with Crippen LogP contribution in [-0.2, 0) is 0 Å². The summed E-state index contributed by atoms with van der Waals surface area (Å²) in [4.78, 5) is 22.1. The normalized spacial score (nSPS) is 21.7. The van der Waals surface area contributed by atoms with E-state index in [0.717, 1.165) is 36.9 Å². The highest BCUT2D eigenvalue weighted by atomic mass is 32.1. The van der Waals surface area contributed by atoms with Crippen molar-refractivity contribution >= 4 is 22.4 Å². The van der Waals surface area contributed by atoms with Gasteiger partial charge < -0.3 is 20.2 Å². The molecule has 1 amide bonds. The fourth-order valence-electron chi connectivity index (χ4n) is 3.23. The van der Waals surface area contributed by atoms with Gasteiger partial charge in [-0.15, -0.1) is 0 Å². The number of hydrogen-bond donors (Lipinski definition) is 2. The first-order valence-corrected chi connectivity index (χ1v) is 9.02. The van der Waals surface area contributed by atoms with Gasteiger partial charge in [0.25, 0.3) is 5.91 Å². The molecule has 0 saturated carbocycles. The monoisotopic (exact) mass is 340 g/mol. The first-order valence-electron chi connectivity index (χ1n) is 8.20. The molecule has 0 bridgehead atoms. The summed E-state index contributed by atoms with van der Waals surface area (Å²) in [5.41, 5.74) is 0.784. The first-order chi connectivity index (χ1) is 10.9.